The summed E-state index contributed by atoms with van der Waals surface area (Å²) in [7, 11) is 0. The Morgan fingerprint density at radius 2 is 0.369 bits per heavy atom. The van der Waals surface area contributed by atoms with E-state index in [1.807, 2.05) is 148 Å². The van der Waals surface area contributed by atoms with Crippen LogP contribution >= 0.6 is 0 Å². The molecule has 0 spiro atoms. The molecule has 12 aromatic heterocycles. The van der Waals surface area contributed by atoms with Crippen LogP contribution in [0.3, 0.4) is 0 Å². The molecule has 0 saturated carbocycles. The number of fused-ring (bicyclic) bond motifs is 6. The van der Waals surface area contributed by atoms with Crippen LogP contribution in [0.5, 0.6) is 0 Å². The predicted octanol–water partition coefficient (Wildman–Crippen LogP) is 25.6. The second-order valence-electron chi connectivity index (χ2n) is 30.1. The first-order chi connectivity index (χ1) is 60.4. The van der Waals surface area contributed by atoms with Crippen LogP contribution in [0.4, 0.5) is 0 Å². The number of hydrogen-bond acceptors (Lipinski definition) is 12. The van der Waals surface area contributed by atoms with E-state index in [4.69, 9.17) is 0 Å². The van der Waals surface area contributed by atoms with Crippen molar-refractivity contribution in [3.05, 3.63) is 428 Å². The number of benzene rings is 10. The summed E-state index contributed by atoms with van der Waals surface area (Å²) in [5.74, 6) is 0. The molecular formula is C108H70N14. The van der Waals surface area contributed by atoms with E-state index in [9.17, 15) is 0 Å². The summed E-state index contributed by atoms with van der Waals surface area (Å²) in [6, 6.07) is 104. The lowest BCUT2D eigenvalue weighted by Crippen LogP contribution is -1.93. The molecule has 0 N–H and O–H groups in total. The Labute approximate surface area is 703 Å². The van der Waals surface area contributed by atoms with Gasteiger partial charge in [-0.15, -0.1) is 0 Å². The minimum absolute atomic E-state index is 0.920. The first-order valence-electron chi connectivity index (χ1n) is 40.2. The second-order valence-corrected chi connectivity index (χ2v) is 30.1. The van der Waals surface area contributed by atoms with Crippen molar-refractivity contribution in [3.8, 4) is 167 Å². The molecule has 0 aliphatic heterocycles. The zero-order valence-corrected chi connectivity index (χ0v) is 65.7. The highest BCUT2D eigenvalue weighted by atomic mass is 15.0. The van der Waals surface area contributed by atoms with Crippen molar-refractivity contribution in [3.63, 3.8) is 0 Å². The van der Waals surface area contributed by atoms with Gasteiger partial charge in [0.15, 0.2) is 0 Å². The monoisotopic (exact) mass is 1560 g/mol. The Morgan fingerprint density at radius 1 is 0.131 bits per heavy atom. The first kappa shape index (κ1) is 72.8. The number of hydrogen-bond donors (Lipinski definition) is 0. The molecule has 0 amide bonds. The lowest BCUT2D eigenvalue weighted by Gasteiger charge is -2.14. The summed E-state index contributed by atoms with van der Waals surface area (Å²) < 4.78 is 4.64. The van der Waals surface area contributed by atoms with Crippen molar-refractivity contribution < 1.29 is 0 Å². The predicted molar refractivity (Wildman–Crippen MR) is 491 cm³/mol. The van der Waals surface area contributed by atoms with Crippen LogP contribution < -0.4 is 0 Å². The molecule has 122 heavy (non-hydrogen) atoms. The van der Waals surface area contributed by atoms with Crippen molar-refractivity contribution in [1.29, 1.82) is 0 Å². The number of rotatable bonds is 16. The largest absolute Gasteiger partial charge is 0.309 e. The maximum absolute atomic E-state index is 4.64. The molecule has 0 fully saturated rings. The molecule has 0 aliphatic carbocycles. The maximum Gasteiger partial charge on any atom is 0.115 e. The van der Waals surface area contributed by atoms with Crippen LogP contribution in [-0.2, 0) is 0 Å². The van der Waals surface area contributed by atoms with E-state index < -0.39 is 0 Å². The van der Waals surface area contributed by atoms with Crippen molar-refractivity contribution in [1.82, 2.24) is 68.9 Å². The van der Waals surface area contributed by atoms with Gasteiger partial charge in [-0.3, -0.25) is 39.9 Å². The first-order valence-corrected chi connectivity index (χ1v) is 40.2. The van der Waals surface area contributed by atoms with Gasteiger partial charge in [0, 0.05) is 212 Å². The molecule has 0 radical (unpaired) electrons. The highest BCUT2D eigenvalue weighted by Crippen LogP contribution is 2.44. The van der Waals surface area contributed by atoms with E-state index in [1.54, 1.807) is 0 Å². The molecule has 0 bridgehead atoms. The number of nitrogens with zero attached hydrogens (tertiary/aromatic N) is 14. The molecule has 0 saturated heterocycles. The molecular weight excluding hydrogens is 1490 g/mol. The molecule has 0 unspecified atom stereocenters. The fourth-order valence-electron chi connectivity index (χ4n) is 16.6. The highest BCUT2D eigenvalue weighted by molar-refractivity contribution is 6.12. The van der Waals surface area contributed by atoms with Crippen LogP contribution in [0, 0.1) is 0 Å². The third-order valence-corrected chi connectivity index (χ3v) is 22.6. The van der Waals surface area contributed by atoms with E-state index >= 15 is 0 Å². The van der Waals surface area contributed by atoms with Crippen molar-refractivity contribution >= 4 is 43.6 Å². The van der Waals surface area contributed by atoms with E-state index in [0.717, 1.165) is 211 Å². The fraction of sp³-hybridized carbons (Fsp3) is 0. The molecule has 572 valence electrons. The summed E-state index contributed by atoms with van der Waals surface area (Å²) >= 11 is 0. The molecule has 0 aliphatic rings. The van der Waals surface area contributed by atoms with Crippen LogP contribution in [0.25, 0.3) is 211 Å². The zero-order valence-electron chi connectivity index (χ0n) is 65.7. The van der Waals surface area contributed by atoms with E-state index in [0.29, 0.717) is 0 Å². The smallest absolute Gasteiger partial charge is 0.115 e. The number of para-hydroxylation sites is 2. The van der Waals surface area contributed by atoms with Gasteiger partial charge in [-0.05, 0) is 270 Å². The average Bonchev–Trinajstić information content (AvgIpc) is 1.60. The quantitative estimate of drug-likeness (QED) is 0.0900. The van der Waals surface area contributed by atoms with Gasteiger partial charge in [-0.2, -0.15) is 0 Å². The molecule has 14 heteroatoms. The van der Waals surface area contributed by atoms with Crippen LogP contribution in [-0.4, -0.2) is 68.9 Å². The maximum atomic E-state index is 4.64. The second kappa shape index (κ2) is 32.3. The van der Waals surface area contributed by atoms with Gasteiger partial charge >= 0.3 is 0 Å². The fourth-order valence-corrected chi connectivity index (χ4v) is 16.6. The Balaban J connectivity index is 0.000000150. The van der Waals surface area contributed by atoms with E-state index in [-0.39, 0.29) is 0 Å². The Bertz CT molecular complexity index is 6890. The molecule has 22 aromatic rings. The molecule has 0 atom stereocenters. The summed E-state index contributed by atoms with van der Waals surface area (Å²) in [6.07, 6.45) is 40.5. The van der Waals surface area contributed by atoms with Crippen molar-refractivity contribution in [2.45, 2.75) is 0 Å². The van der Waals surface area contributed by atoms with Crippen LogP contribution in [0.1, 0.15) is 0 Å². The lowest BCUT2D eigenvalue weighted by atomic mass is 9.91. The van der Waals surface area contributed by atoms with Gasteiger partial charge in [-0.1, -0.05) is 121 Å². The van der Waals surface area contributed by atoms with Gasteiger partial charge in [-0.25, -0.2) is 19.9 Å². The third-order valence-electron chi connectivity index (χ3n) is 22.6. The van der Waals surface area contributed by atoms with E-state index in [2.05, 4.69) is 336 Å². The topological polar surface area (TPSA) is 165 Å². The molecule has 10 aromatic carbocycles. The SMILES string of the molecule is c1ccc(-n2c3ccncc3c3cc(-c4cc(-c5cccc(-c6cncc(-c7ccncc7)c6)c5)cc(-c5cccc(-c6cncc(-c7ccncc7)c6)c5)c4)ccc32)cc1.c1ccc(-n2c3ccncc3c3cc(-c4cc(-c5cccc(-c6cncc(-c7cncnc7)c6)c5)cc(-c5cccc(-c6cncc(-c7cncnc7)c6)c5)c4)ccc32)cc1. The van der Waals surface area contributed by atoms with Crippen LogP contribution in [0.2, 0.25) is 0 Å². The summed E-state index contributed by atoms with van der Waals surface area (Å²) in [6.45, 7) is 0. The van der Waals surface area contributed by atoms with Gasteiger partial charge < -0.3 is 9.13 Å². The zero-order chi connectivity index (χ0) is 81.1. The minimum Gasteiger partial charge on any atom is -0.309 e. The van der Waals surface area contributed by atoms with Gasteiger partial charge in [0.2, 0.25) is 0 Å². The van der Waals surface area contributed by atoms with Gasteiger partial charge in [0.1, 0.15) is 12.7 Å². The van der Waals surface area contributed by atoms with Gasteiger partial charge in [0.05, 0.1) is 22.1 Å². The summed E-state index contributed by atoms with van der Waals surface area (Å²) in [4.78, 5) is 52.9. The summed E-state index contributed by atoms with van der Waals surface area (Å²) in [5.41, 5.74) is 36.6. The third kappa shape index (κ3) is 14.6. The van der Waals surface area contributed by atoms with Gasteiger partial charge in [0.25, 0.3) is 0 Å². The molecule has 12 heterocycles. The van der Waals surface area contributed by atoms with Crippen molar-refractivity contribution in [2.75, 3.05) is 0 Å². The average molecular weight is 1560 g/mol. The Morgan fingerprint density at radius 3 is 0.680 bits per heavy atom. The molecule has 14 nitrogen and oxygen atoms in total. The standard InChI is InChI=1S/C55H36N6.C53H34N8/c1-2-10-51(11-3-1)61-54-13-12-43(31-52(54)53-36-58-23-18-55(53)61)46-27-44(39-6-4-8-41(24-39)49-29-47(32-59-34-49)37-14-19-56-20-15-37)26-45(28-46)40-7-5-9-42(25-40)50-30-48(33-60-35-50)38-16-21-57-22-17-38;1-2-10-49(11-3-1)61-52-13-12-39(23-50(52)51-32-54-15-14-53(51)61)42-19-40(35-6-4-8-37(16-35)43-21-45(26-55-24-43)47-28-57-33-58-29-47)18-41(20-42)36-7-5-9-38(17-36)44-22-46(27-56-25-44)48-30-59-34-60-31-48/h1-36H;1-34H. The normalized spacial score (nSPS) is 11.3. The lowest BCUT2D eigenvalue weighted by molar-refractivity contribution is 1.17. The van der Waals surface area contributed by atoms with E-state index in [1.165, 1.54) is 12.7 Å². The summed E-state index contributed by atoms with van der Waals surface area (Å²) in [5, 5.41) is 4.53. The van der Waals surface area contributed by atoms with Crippen molar-refractivity contribution in [2.24, 2.45) is 0 Å². The number of aromatic nitrogens is 14. The molecule has 22 rings (SSSR count). The number of pyridine rings is 8. The minimum atomic E-state index is 0.920. The highest BCUT2D eigenvalue weighted by Gasteiger charge is 2.20. The Kier molecular flexibility index (Phi) is 19.3. The van der Waals surface area contributed by atoms with Crippen LogP contribution in [0.15, 0.2) is 428 Å². The Hall–Kier alpha value is -16.8.